The van der Waals surface area contributed by atoms with Gasteiger partial charge in [-0.25, -0.2) is 0 Å². The van der Waals surface area contributed by atoms with Crippen LogP contribution in [0.3, 0.4) is 0 Å². The van der Waals surface area contributed by atoms with Crippen LogP contribution in [0.1, 0.15) is 18.9 Å². The van der Waals surface area contributed by atoms with Crippen molar-refractivity contribution >= 4 is 0 Å². The van der Waals surface area contributed by atoms with E-state index >= 15 is 0 Å². The van der Waals surface area contributed by atoms with Crippen LogP contribution in [0.4, 0.5) is 0 Å². The highest BCUT2D eigenvalue weighted by Gasteiger charge is 2.50. The number of rotatable bonds is 1. The molecule has 2 fully saturated rings. The minimum atomic E-state index is -0.140. The molecule has 2 aliphatic heterocycles. The molecule has 2 aliphatic rings. The van der Waals surface area contributed by atoms with Gasteiger partial charge in [-0.1, -0.05) is 30.3 Å². The van der Waals surface area contributed by atoms with Crippen LogP contribution in [-0.2, 0) is 15.1 Å². The van der Waals surface area contributed by atoms with Crippen LogP contribution in [0, 0.1) is 0 Å². The molecule has 0 amide bonds. The van der Waals surface area contributed by atoms with Gasteiger partial charge >= 0.3 is 0 Å². The number of fused-ring (bicyclic) bond motifs is 1. The number of hydrogen-bond donors (Lipinski definition) is 0. The minimum absolute atomic E-state index is 0.140. The maximum Gasteiger partial charge on any atom is 0.108 e. The first-order chi connectivity index (χ1) is 6.78. The smallest absolute Gasteiger partial charge is 0.108 e. The molecule has 2 heterocycles. The summed E-state index contributed by atoms with van der Waals surface area (Å²) in [6, 6.07) is 10.4. The van der Waals surface area contributed by atoms with Gasteiger partial charge in [0.15, 0.2) is 0 Å². The number of benzene rings is 1. The molecule has 1 aromatic rings. The Hall–Kier alpha value is -0.860. The fourth-order valence-corrected chi connectivity index (χ4v) is 2.21. The lowest BCUT2D eigenvalue weighted by atomic mass is 9.88. The van der Waals surface area contributed by atoms with Crippen molar-refractivity contribution in [3.63, 3.8) is 0 Å². The van der Waals surface area contributed by atoms with Crippen molar-refractivity contribution in [2.45, 2.75) is 31.2 Å². The average molecular weight is 190 g/mol. The Morgan fingerprint density at radius 2 is 2.00 bits per heavy atom. The van der Waals surface area contributed by atoms with E-state index in [4.69, 9.17) is 9.47 Å². The molecule has 14 heavy (non-hydrogen) atoms. The first kappa shape index (κ1) is 8.45. The average Bonchev–Trinajstić information content (AvgIpc) is 2.97. The zero-order valence-corrected chi connectivity index (χ0v) is 8.27. The van der Waals surface area contributed by atoms with Crippen molar-refractivity contribution in [1.82, 2.24) is 0 Å². The lowest BCUT2D eigenvalue weighted by Crippen LogP contribution is -2.34. The Bertz CT molecular complexity index is 335. The SMILES string of the molecule is C[C@@]1(c2ccccc2)CC2OC2CO1. The molecule has 1 aromatic carbocycles. The summed E-state index contributed by atoms with van der Waals surface area (Å²) >= 11 is 0. The maximum absolute atomic E-state index is 5.88. The Labute approximate surface area is 83.8 Å². The van der Waals surface area contributed by atoms with Gasteiger partial charge in [0.2, 0.25) is 0 Å². The highest BCUT2D eigenvalue weighted by Crippen LogP contribution is 2.43. The number of hydrogen-bond acceptors (Lipinski definition) is 2. The Kier molecular flexibility index (Phi) is 1.70. The molecule has 2 saturated heterocycles. The van der Waals surface area contributed by atoms with Crippen molar-refractivity contribution < 1.29 is 9.47 Å². The minimum Gasteiger partial charge on any atom is -0.368 e. The molecule has 0 aromatic heterocycles. The van der Waals surface area contributed by atoms with Crippen LogP contribution in [0.25, 0.3) is 0 Å². The third-order valence-electron chi connectivity index (χ3n) is 3.23. The van der Waals surface area contributed by atoms with E-state index in [9.17, 15) is 0 Å². The van der Waals surface area contributed by atoms with E-state index in [0.29, 0.717) is 12.2 Å². The standard InChI is InChI=1S/C12H14O2/c1-12(9-5-3-2-4-6-9)7-10-11(14-10)8-13-12/h2-6,10-11H,7-8H2,1H3/t10?,11?,12-/m0/s1. The summed E-state index contributed by atoms with van der Waals surface area (Å²) in [5.41, 5.74) is 1.12. The Balaban J connectivity index is 1.89. The second-order valence-corrected chi connectivity index (χ2v) is 4.32. The second-order valence-electron chi connectivity index (χ2n) is 4.32. The zero-order chi connectivity index (χ0) is 9.60. The molecule has 0 spiro atoms. The van der Waals surface area contributed by atoms with E-state index in [1.54, 1.807) is 0 Å². The summed E-state index contributed by atoms with van der Waals surface area (Å²) in [7, 11) is 0. The summed E-state index contributed by atoms with van der Waals surface area (Å²) in [5, 5.41) is 0. The predicted octanol–water partition coefficient (Wildman–Crippen LogP) is 2.09. The maximum atomic E-state index is 5.88. The van der Waals surface area contributed by atoms with Crippen LogP contribution >= 0.6 is 0 Å². The van der Waals surface area contributed by atoms with Crippen LogP contribution in [0.5, 0.6) is 0 Å². The molecule has 74 valence electrons. The molecule has 0 bridgehead atoms. The van der Waals surface area contributed by atoms with Gasteiger partial charge in [0.05, 0.1) is 18.3 Å². The lowest BCUT2D eigenvalue weighted by molar-refractivity contribution is -0.0577. The highest BCUT2D eigenvalue weighted by atomic mass is 16.6. The van der Waals surface area contributed by atoms with E-state index in [1.165, 1.54) is 5.56 Å². The fraction of sp³-hybridized carbons (Fsp3) is 0.500. The van der Waals surface area contributed by atoms with Crippen molar-refractivity contribution in [2.75, 3.05) is 6.61 Å². The highest BCUT2D eigenvalue weighted by molar-refractivity contribution is 5.23. The third kappa shape index (κ3) is 1.26. The van der Waals surface area contributed by atoms with Gasteiger partial charge in [-0.2, -0.15) is 0 Å². The normalized spacial score (nSPS) is 40.4. The molecule has 0 radical (unpaired) electrons. The van der Waals surface area contributed by atoms with Crippen molar-refractivity contribution in [3.8, 4) is 0 Å². The van der Waals surface area contributed by atoms with Crippen molar-refractivity contribution in [2.24, 2.45) is 0 Å². The van der Waals surface area contributed by atoms with Gasteiger partial charge in [0, 0.05) is 6.42 Å². The summed E-state index contributed by atoms with van der Waals surface area (Å²) in [4.78, 5) is 0. The molecule has 0 N–H and O–H groups in total. The molecular formula is C12H14O2. The molecular weight excluding hydrogens is 176 g/mol. The first-order valence-electron chi connectivity index (χ1n) is 5.13. The van der Waals surface area contributed by atoms with Crippen molar-refractivity contribution in [3.05, 3.63) is 35.9 Å². The molecule has 0 saturated carbocycles. The molecule has 3 atom stereocenters. The fourth-order valence-electron chi connectivity index (χ4n) is 2.21. The van der Waals surface area contributed by atoms with Gasteiger partial charge in [-0.05, 0) is 12.5 Å². The molecule has 2 heteroatoms. The largest absolute Gasteiger partial charge is 0.368 e. The van der Waals surface area contributed by atoms with E-state index in [1.807, 2.05) is 6.07 Å². The molecule has 0 aliphatic carbocycles. The Morgan fingerprint density at radius 1 is 1.21 bits per heavy atom. The molecule has 2 unspecified atom stereocenters. The van der Waals surface area contributed by atoms with E-state index in [0.717, 1.165) is 13.0 Å². The lowest BCUT2D eigenvalue weighted by Gasteiger charge is -2.32. The van der Waals surface area contributed by atoms with Crippen molar-refractivity contribution in [1.29, 1.82) is 0 Å². The van der Waals surface area contributed by atoms with Gasteiger partial charge in [0.1, 0.15) is 6.10 Å². The summed E-state index contributed by atoms with van der Waals surface area (Å²) in [6.45, 7) is 2.90. The molecule has 2 nitrogen and oxygen atoms in total. The van der Waals surface area contributed by atoms with Crippen LogP contribution in [0.2, 0.25) is 0 Å². The van der Waals surface area contributed by atoms with Gasteiger partial charge in [-0.3, -0.25) is 0 Å². The van der Waals surface area contributed by atoms with Gasteiger partial charge < -0.3 is 9.47 Å². The van der Waals surface area contributed by atoms with Crippen LogP contribution in [-0.4, -0.2) is 18.8 Å². The third-order valence-corrected chi connectivity index (χ3v) is 3.23. The summed E-state index contributed by atoms with van der Waals surface area (Å²) < 4.78 is 11.4. The van der Waals surface area contributed by atoms with Crippen LogP contribution < -0.4 is 0 Å². The quantitative estimate of drug-likeness (QED) is 0.632. The van der Waals surface area contributed by atoms with E-state index in [2.05, 4.69) is 31.2 Å². The van der Waals surface area contributed by atoms with Crippen LogP contribution in [0.15, 0.2) is 30.3 Å². The predicted molar refractivity (Wildman–Crippen MR) is 53.0 cm³/mol. The number of epoxide rings is 1. The van der Waals surface area contributed by atoms with Gasteiger partial charge in [-0.15, -0.1) is 0 Å². The molecule has 3 rings (SSSR count). The summed E-state index contributed by atoms with van der Waals surface area (Å²) in [5.74, 6) is 0. The topological polar surface area (TPSA) is 21.8 Å². The second kappa shape index (κ2) is 2.81. The zero-order valence-electron chi connectivity index (χ0n) is 8.27. The Morgan fingerprint density at radius 3 is 2.71 bits per heavy atom. The van der Waals surface area contributed by atoms with Gasteiger partial charge in [0.25, 0.3) is 0 Å². The summed E-state index contributed by atoms with van der Waals surface area (Å²) in [6.07, 6.45) is 1.81. The first-order valence-corrected chi connectivity index (χ1v) is 5.13. The van der Waals surface area contributed by atoms with E-state index in [-0.39, 0.29) is 5.60 Å². The monoisotopic (exact) mass is 190 g/mol. The van der Waals surface area contributed by atoms with E-state index < -0.39 is 0 Å². The number of ether oxygens (including phenoxy) is 2.